The molecule has 3 heteroatoms. The summed E-state index contributed by atoms with van der Waals surface area (Å²) < 4.78 is 0.966. The number of hydrogen-bond donors (Lipinski definition) is 2. The zero-order valence-corrected chi connectivity index (χ0v) is 10.6. The van der Waals surface area contributed by atoms with Gasteiger partial charge in [0.05, 0.1) is 11.4 Å². The summed E-state index contributed by atoms with van der Waals surface area (Å²) in [5.41, 5.74) is 9.82. The smallest absolute Gasteiger partial charge is 0.0762 e. The zero-order chi connectivity index (χ0) is 11.5. The molecule has 0 aliphatic heterocycles. The molecule has 0 saturated carbocycles. The molecule has 0 atom stereocenters. The lowest BCUT2D eigenvalue weighted by atomic mass is 10.2. The second-order valence-corrected chi connectivity index (χ2v) is 4.55. The molecule has 0 heterocycles. The van der Waals surface area contributed by atoms with Crippen LogP contribution < -0.4 is 11.1 Å². The van der Waals surface area contributed by atoms with Gasteiger partial charge in [0.2, 0.25) is 0 Å². The molecule has 16 heavy (non-hydrogen) atoms. The highest BCUT2D eigenvalue weighted by Crippen LogP contribution is 2.31. The Hall–Kier alpha value is -1.48. The predicted octanol–water partition coefficient (Wildman–Crippen LogP) is 4.08. The second-order valence-electron chi connectivity index (χ2n) is 3.70. The fraction of sp³-hybridized carbons (Fsp3) is 0.0769. The molecule has 0 bridgehead atoms. The van der Waals surface area contributed by atoms with Crippen LogP contribution in [0.5, 0.6) is 0 Å². The molecule has 0 saturated heterocycles. The van der Waals surface area contributed by atoms with Gasteiger partial charge in [-0.05, 0) is 47.1 Å². The first-order chi connectivity index (χ1) is 7.66. The molecule has 0 amide bonds. The number of hydrogen-bond acceptors (Lipinski definition) is 2. The molecule has 0 unspecified atom stereocenters. The summed E-state index contributed by atoms with van der Waals surface area (Å²) in [6.07, 6.45) is 0. The Balaban J connectivity index is 2.30. The van der Waals surface area contributed by atoms with Gasteiger partial charge in [-0.25, -0.2) is 0 Å². The van der Waals surface area contributed by atoms with E-state index in [4.69, 9.17) is 5.73 Å². The fourth-order valence-electron chi connectivity index (χ4n) is 1.45. The largest absolute Gasteiger partial charge is 0.397 e. The van der Waals surface area contributed by atoms with E-state index >= 15 is 0 Å². The van der Waals surface area contributed by atoms with Crippen LogP contribution in [0.3, 0.4) is 0 Å². The van der Waals surface area contributed by atoms with Crippen molar-refractivity contribution < 1.29 is 0 Å². The number of para-hydroxylation sites is 1. The number of benzene rings is 2. The Labute approximate surface area is 104 Å². The van der Waals surface area contributed by atoms with Crippen LogP contribution in [0.25, 0.3) is 0 Å². The first-order valence-corrected chi connectivity index (χ1v) is 5.84. The first-order valence-electron chi connectivity index (χ1n) is 5.04. The van der Waals surface area contributed by atoms with E-state index in [1.807, 2.05) is 30.3 Å². The lowest BCUT2D eigenvalue weighted by molar-refractivity contribution is 1.45. The Kier molecular flexibility index (Phi) is 3.15. The van der Waals surface area contributed by atoms with E-state index in [9.17, 15) is 0 Å². The van der Waals surface area contributed by atoms with Gasteiger partial charge >= 0.3 is 0 Å². The van der Waals surface area contributed by atoms with Crippen molar-refractivity contribution in [2.45, 2.75) is 6.92 Å². The van der Waals surface area contributed by atoms with Gasteiger partial charge in [-0.2, -0.15) is 0 Å². The summed E-state index contributed by atoms with van der Waals surface area (Å²) in [5, 5.41) is 3.30. The van der Waals surface area contributed by atoms with Crippen LogP contribution in [-0.4, -0.2) is 0 Å². The highest BCUT2D eigenvalue weighted by atomic mass is 79.9. The lowest BCUT2D eigenvalue weighted by Gasteiger charge is -2.11. The maximum atomic E-state index is 5.91. The summed E-state index contributed by atoms with van der Waals surface area (Å²) in [7, 11) is 0. The summed E-state index contributed by atoms with van der Waals surface area (Å²) in [5.74, 6) is 0. The molecule has 0 aliphatic carbocycles. The second kappa shape index (κ2) is 4.58. The average Bonchev–Trinajstić information content (AvgIpc) is 2.26. The molecular weight excluding hydrogens is 264 g/mol. The van der Waals surface area contributed by atoms with Crippen LogP contribution in [0.15, 0.2) is 46.9 Å². The summed E-state index contributed by atoms with van der Waals surface area (Å²) >= 11 is 3.48. The van der Waals surface area contributed by atoms with E-state index in [0.29, 0.717) is 0 Å². The minimum atomic E-state index is 0.731. The average molecular weight is 277 g/mol. The van der Waals surface area contributed by atoms with Gasteiger partial charge in [-0.3, -0.25) is 0 Å². The van der Waals surface area contributed by atoms with E-state index in [1.54, 1.807) is 0 Å². The summed E-state index contributed by atoms with van der Waals surface area (Å²) in [6.45, 7) is 2.07. The Bertz CT molecular complexity index is 472. The Morgan fingerprint density at radius 3 is 2.38 bits per heavy atom. The van der Waals surface area contributed by atoms with Crippen LogP contribution in [-0.2, 0) is 0 Å². The Morgan fingerprint density at radius 2 is 1.75 bits per heavy atom. The van der Waals surface area contributed by atoms with Crippen molar-refractivity contribution >= 4 is 33.0 Å². The molecule has 3 N–H and O–H groups in total. The monoisotopic (exact) mass is 276 g/mol. The van der Waals surface area contributed by atoms with Crippen molar-refractivity contribution in [2.75, 3.05) is 11.1 Å². The minimum absolute atomic E-state index is 0.731. The number of nitrogens with one attached hydrogen (secondary N) is 1. The third-order valence-electron chi connectivity index (χ3n) is 2.37. The predicted molar refractivity (Wildman–Crippen MR) is 73.0 cm³/mol. The molecule has 2 aromatic rings. The van der Waals surface area contributed by atoms with Crippen LogP contribution in [0, 0.1) is 6.92 Å². The van der Waals surface area contributed by atoms with E-state index in [-0.39, 0.29) is 0 Å². The summed E-state index contributed by atoms with van der Waals surface area (Å²) in [6, 6.07) is 14.0. The van der Waals surface area contributed by atoms with Crippen LogP contribution >= 0.6 is 15.9 Å². The number of halogens is 1. The molecule has 2 aromatic carbocycles. The van der Waals surface area contributed by atoms with Crippen molar-refractivity contribution in [3.63, 3.8) is 0 Å². The standard InChI is InChI=1S/C13H13BrN2/c1-9-5-7-10(8-6-9)16-13-11(14)3-2-4-12(13)15/h2-8,16H,15H2,1H3. The molecule has 0 radical (unpaired) electrons. The zero-order valence-electron chi connectivity index (χ0n) is 9.00. The minimum Gasteiger partial charge on any atom is -0.397 e. The highest BCUT2D eigenvalue weighted by molar-refractivity contribution is 9.10. The number of anilines is 3. The molecular formula is C13H13BrN2. The van der Waals surface area contributed by atoms with Crippen molar-refractivity contribution in [2.24, 2.45) is 0 Å². The molecule has 82 valence electrons. The van der Waals surface area contributed by atoms with Crippen molar-refractivity contribution in [1.82, 2.24) is 0 Å². The van der Waals surface area contributed by atoms with E-state index in [1.165, 1.54) is 5.56 Å². The normalized spacial score (nSPS) is 10.1. The van der Waals surface area contributed by atoms with Crippen molar-refractivity contribution in [1.29, 1.82) is 0 Å². The first kappa shape index (κ1) is 11.0. The number of nitrogen functional groups attached to an aromatic ring is 1. The molecule has 0 spiro atoms. The van der Waals surface area contributed by atoms with Gasteiger partial charge in [0.15, 0.2) is 0 Å². The third-order valence-corrected chi connectivity index (χ3v) is 3.03. The van der Waals surface area contributed by atoms with Gasteiger partial charge < -0.3 is 11.1 Å². The van der Waals surface area contributed by atoms with Gasteiger partial charge in [-0.1, -0.05) is 23.8 Å². The topological polar surface area (TPSA) is 38.0 Å². The van der Waals surface area contributed by atoms with Gasteiger partial charge in [-0.15, -0.1) is 0 Å². The molecule has 0 aromatic heterocycles. The third kappa shape index (κ3) is 2.36. The SMILES string of the molecule is Cc1ccc(Nc2c(N)cccc2Br)cc1. The molecule has 2 rings (SSSR count). The quantitative estimate of drug-likeness (QED) is 0.811. The van der Waals surface area contributed by atoms with Crippen LogP contribution in [0.1, 0.15) is 5.56 Å². The van der Waals surface area contributed by atoms with Gasteiger partial charge in [0, 0.05) is 10.2 Å². The number of aryl methyl sites for hydroxylation is 1. The molecule has 0 fully saturated rings. The summed E-state index contributed by atoms with van der Waals surface area (Å²) in [4.78, 5) is 0. The molecule has 2 nitrogen and oxygen atoms in total. The maximum Gasteiger partial charge on any atom is 0.0762 e. The van der Waals surface area contributed by atoms with Crippen molar-refractivity contribution in [3.8, 4) is 0 Å². The van der Waals surface area contributed by atoms with E-state index < -0.39 is 0 Å². The maximum absolute atomic E-state index is 5.91. The van der Waals surface area contributed by atoms with Crippen molar-refractivity contribution in [3.05, 3.63) is 52.5 Å². The lowest BCUT2D eigenvalue weighted by Crippen LogP contribution is -1.96. The number of nitrogens with two attached hydrogens (primary N) is 1. The molecule has 0 aliphatic rings. The van der Waals surface area contributed by atoms with E-state index in [0.717, 1.165) is 21.5 Å². The van der Waals surface area contributed by atoms with E-state index in [2.05, 4.69) is 40.3 Å². The fourth-order valence-corrected chi connectivity index (χ4v) is 1.93. The van der Waals surface area contributed by atoms with Gasteiger partial charge in [0.25, 0.3) is 0 Å². The Morgan fingerprint density at radius 1 is 1.06 bits per heavy atom. The van der Waals surface area contributed by atoms with Crippen LogP contribution in [0.4, 0.5) is 17.1 Å². The van der Waals surface area contributed by atoms with Crippen LogP contribution in [0.2, 0.25) is 0 Å². The van der Waals surface area contributed by atoms with Gasteiger partial charge in [0.1, 0.15) is 0 Å². The number of rotatable bonds is 2. The highest BCUT2D eigenvalue weighted by Gasteiger charge is 2.03.